The summed E-state index contributed by atoms with van der Waals surface area (Å²) >= 11 is 12.7. The lowest BCUT2D eigenvalue weighted by Gasteiger charge is -2.11. The van der Waals surface area contributed by atoms with Gasteiger partial charge in [0, 0.05) is 5.69 Å². The van der Waals surface area contributed by atoms with Crippen molar-refractivity contribution in [3.63, 3.8) is 0 Å². The van der Waals surface area contributed by atoms with Crippen molar-refractivity contribution in [1.29, 1.82) is 5.26 Å². The van der Waals surface area contributed by atoms with Gasteiger partial charge in [-0.3, -0.25) is 4.79 Å². The SMILES string of the molecule is CCOc1ccc(NC(=O)/C(C#N)=C\c2cc(Cl)c(OCc3ccc(C)cc3)c(Cl)c2)cc1. The number of nitriles is 1. The summed E-state index contributed by atoms with van der Waals surface area (Å²) in [5.41, 5.74) is 3.09. The average molecular weight is 481 g/mol. The highest BCUT2D eigenvalue weighted by atomic mass is 35.5. The van der Waals surface area contributed by atoms with Crippen LogP contribution in [0, 0.1) is 18.3 Å². The van der Waals surface area contributed by atoms with Crippen LogP contribution in [0.15, 0.2) is 66.2 Å². The van der Waals surface area contributed by atoms with E-state index in [1.54, 1.807) is 36.4 Å². The fraction of sp³-hybridized carbons (Fsp3) is 0.154. The molecule has 3 aromatic carbocycles. The third-order valence-electron chi connectivity index (χ3n) is 4.62. The number of nitrogens with one attached hydrogen (secondary N) is 1. The molecule has 0 radical (unpaired) electrons. The molecular weight excluding hydrogens is 459 g/mol. The van der Waals surface area contributed by atoms with E-state index in [1.807, 2.05) is 44.2 Å². The second kappa shape index (κ2) is 11.4. The molecule has 0 aromatic heterocycles. The van der Waals surface area contributed by atoms with Gasteiger partial charge in [0.15, 0.2) is 5.75 Å². The molecule has 33 heavy (non-hydrogen) atoms. The first-order chi connectivity index (χ1) is 15.9. The molecule has 3 rings (SSSR count). The van der Waals surface area contributed by atoms with Gasteiger partial charge in [0.1, 0.15) is 24.0 Å². The number of hydrogen-bond acceptors (Lipinski definition) is 4. The van der Waals surface area contributed by atoms with Crippen molar-refractivity contribution < 1.29 is 14.3 Å². The van der Waals surface area contributed by atoms with Crippen molar-refractivity contribution in [3.8, 4) is 17.6 Å². The van der Waals surface area contributed by atoms with Crippen LogP contribution in [0.5, 0.6) is 11.5 Å². The van der Waals surface area contributed by atoms with Crippen LogP contribution in [-0.2, 0) is 11.4 Å². The monoisotopic (exact) mass is 480 g/mol. The van der Waals surface area contributed by atoms with Crippen molar-refractivity contribution in [3.05, 3.63) is 93.0 Å². The number of hydrogen-bond donors (Lipinski definition) is 1. The lowest BCUT2D eigenvalue weighted by molar-refractivity contribution is -0.112. The van der Waals surface area contributed by atoms with Gasteiger partial charge in [-0.1, -0.05) is 53.0 Å². The predicted molar refractivity (Wildman–Crippen MR) is 132 cm³/mol. The van der Waals surface area contributed by atoms with Gasteiger partial charge in [-0.2, -0.15) is 5.26 Å². The molecular formula is C26H22Cl2N2O3. The second-order valence-electron chi connectivity index (χ2n) is 7.17. The van der Waals surface area contributed by atoms with Crippen LogP contribution in [0.2, 0.25) is 10.0 Å². The Hall–Kier alpha value is -3.46. The van der Waals surface area contributed by atoms with E-state index in [-0.39, 0.29) is 15.6 Å². The highest BCUT2D eigenvalue weighted by Crippen LogP contribution is 2.35. The molecule has 0 saturated carbocycles. The molecule has 3 aromatic rings. The zero-order chi connectivity index (χ0) is 23.8. The van der Waals surface area contributed by atoms with Crippen LogP contribution in [0.3, 0.4) is 0 Å². The van der Waals surface area contributed by atoms with E-state index in [2.05, 4.69) is 5.32 Å². The summed E-state index contributed by atoms with van der Waals surface area (Å²) in [6.45, 7) is 4.76. The van der Waals surface area contributed by atoms with Crippen LogP contribution < -0.4 is 14.8 Å². The summed E-state index contributed by atoms with van der Waals surface area (Å²) in [4.78, 5) is 12.6. The maximum Gasteiger partial charge on any atom is 0.266 e. The van der Waals surface area contributed by atoms with E-state index in [0.717, 1.165) is 11.1 Å². The Labute approximate surface area is 203 Å². The number of aryl methyl sites for hydroxylation is 1. The molecule has 1 N–H and O–H groups in total. The molecule has 0 saturated heterocycles. The first-order valence-electron chi connectivity index (χ1n) is 10.2. The van der Waals surface area contributed by atoms with Gasteiger partial charge in [-0.25, -0.2) is 0 Å². The highest BCUT2D eigenvalue weighted by molar-refractivity contribution is 6.37. The van der Waals surface area contributed by atoms with Gasteiger partial charge >= 0.3 is 0 Å². The van der Waals surface area contributed by atoms with E-state index in [9.17, 15) is 10.1 Å². The minimum Gasteiger partial charge on any atom is -0.494 e. The Balaban J connectivity index is 1.72. The van der Waals surface area contributed by atoms with E-state index in [0.29, 0.717) is 36.0 Å². The molecule has 168 valence electrons. The average Bonchev–Trinajstić information content (AvgIpc) is 2.79. The number of benzene rings is 3. The molecule has 0 aliphatic carbocycles. The maximum absolute atomic E-state index is 12.6. The van der Waals surface area contributed by atoms with Crippen LogP contribution in [0.1, 0.15) is 23.6 Å². The van der Waals surface area contributed by atoms with Gasteiger partial charge in [-0.15, -0.1) is 0 Å². The molecule has 0 unspecified atom stereocenters. The zero-order valence-electron chi connectivity index (χ0n) is 18.2. The van der Waals surface area contributed by atoms with Gasteiger partial charge in [0.05, 0.1) is 16.7 Å². The number of ether oxygens (including phenoxy) is 2. The number of carbonyl (C=O) groups is 1. The summed E-state index contributed by atoms with van der Waals surface area (Å²) in [6, 6.07) is 19.9. The minimum atomic E-state index is -0.548. The molecule has 0 spiro atoms. The third kappa shape index (κ3) is 6.76. The van der Waals surface area contributed by atoms with E-state index < -0.39 is 5.91 Å². The standard InChI is InChI=1S/C26H22Cl2N2O3/c1-3-32-22-10-8-21(9-11-22)30-26(31)20(15-29)12-19-13-23(27)25(24(28)14-19)33-16-18-6-4-17(2)5-7-18/h4-14H,3,16H2,1-2H3,(H,30,31)/b20-12-. The number of carbonyl (C=O) groups excluding carboxylic acids is 1. The number of halogens is 2. The van der Waals surface area contributed by atoms with Gasteiger partial charge < -0.3 is 14.8 Å². The second-order valence-corrected chi connectivity index (χ2v) is 7.98. The van der Waals surface area contributed by atoms with Gasteiger partial charge in [0.25, 0.3) is 5.91 Å². The first-order valence-corrected chi connectivity index (χ1v) is 11.0. The summed E-state index contributed by atoms with van der Waals surface area (Å²) < 4.78 is 11.2. The number of nitrogens with zero attached hydrogens (tertiary/aromatic N) is 1. The minimum absolute atomic E-state index is 0.0932. The Morgan fingerprint density at radius 1 is 1.03 bits per heavy atom. The van der Waals surface area contributed by atoms with E-state index in [1.165, 1.54) is 6.08 Å². The number of rotatable bonds is 8. The molecule has 0 aliphatic rings. The van der Waals surface area contributed by atoms with Gasteiger partial charge in [-0.05, 0) is 67.4 Å². The fourth-order valence-electron chi connectivity index (χ4n) is 2.96. The summed E-state index contributed by atoms with van der Waals surface area (Å²) in [5.74, 6) is 0.488. The largest absolute Gasteiger partial charge is 0.494 e. The summed E-state index contributed by atoms with van der Waals surface area (Å²) in [7, 11) is 0. The number of anilines is 1. The normalized spacial score (nSPS) is 10.9. The topological polar surface area (TPSA) is 71.3 Å². The summed E-state index contributed by atoms with van der Waals surface area (Å²) in [6.07, 6.45) is 1.42. The number of amides is 1. The van der Waals surface area contributed by atoms with Gasteiger partial charge in [0.2, 0.25) is 0 Å². The fourth-order valence-corrected chi connectivity index (χ4v) is 3.57. The lowest BCUT2D eigenvalue weighted by Crippen LogP contribution is -2.13. The van der Waals surface area contributed by atoms with Crippen molar-refractivity contribution in [1.82, 2.24) is 0 Å². The van der Waals surface area contributed by atoms with E-state index >= 15 is 0 Å². The molecule has 7 heteroatoms. The molecule has 0 heterocycles. The quantitative estimate of drug-likeness (QED) is 0.283. The Morgan fingerprint density at radius 2 is 1.67 bits per heavy atom. The highest BCUT2D eigenvalue weighted by Gasteiger charge is 2.13. The first kappa shape index (κ1) is 24.2. The van der Waals surface area contributed by atoms with Crippen LogP contribution >= 0.6 is 23.2 Å². The van der Waals surface area contributed by atoms with Crippen molar-refractivity contribution in [2.75, 3.05) is 11.9 Å². The van der Waals surface area contributed by atoms with E-state index in [4.69, 9.17) is 32.7 Å². The zero-order valence-corrected chi connectivity index (χ0v) is 19.7. The van der Waals surface area contributed by atoms with Crippen molar-refractivity contribution in [2.24, 2.45) is 0 Å². The molecule has 0 bridgehead atoms. The maximum atomic E-state index is 12.6. The summed E-state index contributed by atoms with van der Waals surface area (Å²) in [5, 5.41) is 12.7. The van der Waals surface area contributed by atoms with Crippen molar-refractivity contribution in [2.45, 2.75) is 20.5 Å². The molecule has 0 atom stereocenters. The Morgan fingerprint density at radius 3 is 2.24 bits per heavy atom. The molecule has 0 aliphatic heterocycles. The Kier molecular flexibility index (Phi) is 8.37. The van der Waals surface area contributed by atoms with Crippen LogP contribution in [0.4, 0.5) is 5.69 Å². The predicted octanol–water partition coefficient (Wildman–Crippen LogP) is 6.83. The van der Waals surface area contributed by atoms with Crippen LogP contribution in [-0.4, -0.2) is 12.5 Å². The molecule has 1 amide bonds. The molecule has 0 fully saturated rings. The lowest BCUT2D eigenvalue weighted by atomic mass is 10.1. The van der Waals surface area contributed by atoms with Crippen molar-refractivity contribution >= 4 is 40.9 Å². The smallest absolute Gasteiger partial charge is 0.266 e. The molecule has 5 nitrogen and oxygen atoms in total. The Bertz CT molecular complexity index is 1170. The van der Waals surface area contributed by atoms with Crippen LogP contribution in [0.25, 0.3) is 6.08 Å². The third-order valence-corrected chi connectivity index (χ3v) is 5.19.